The zero-order valence-electron chi connectivity index (χ0n) is 19.1. The van der Waals surface area contributed by atoms with E-state index in [-0.39, 0.29) is 16.8 Å². The second-order valence-electron chi connectivity index (χ2n) is 9.80. The highest BCUT2D eigenvalue weighted by molar-refractivity contribution is 6.15. The lowest BCUT2D eigenvalue weighted by Crippen LogP contribution is -2.18. The van der Waals surface area contributed by atoms with E-state index in [1.807, 2.05) is 12.1 Å². The molecule has 0 bridgehead atoms. The van der Waals surface area contributed by atoms with Crippen LogP contribution in [0.25, 0.3) is 5.57 Å². The van der Waals surface area contributed by atoms with E-state index in [4.69, 9.17) is 4.74 Å². The Labute approximate surface area is 172 Å². The number of carbonyl (C=O) groups excluding carboxylic acids is 1. The van der Waals surface area contributed by atoms with Crippen LogP contribution in [0, 0.1) is 0 Å². The van der Waals surface area contributed by atoms with Crippen molar-refractivity contribution in [1.82, 2.24) is 0 Å². The normalized spacial score (nSPS) is 12.1. The molecule has 1 aromatic carbocycles. The lowest BCUT2D eigenvalue weighted by atomic mass is 9.78. The molecule has 0 atom stereocenters. The molecule has 0 fully saturated rings. The van der Waals surface area contributed by atoms with Crippen LogP contribution in [0.15, 0.2) is 18.7 Å². The Morgan fingerprint density at radius 3 is 1.86 bits per heavy atom. The fourth-order valence-corrected chi connectivity index (χ4v) is 3.20. The van der Waals surface area contributed by atoms with Gasteiger partial charge in [0, 0.05) is 11.1 Å². The third-order valence-corrected chi connectivity index (χ3v) is 5.05. The van der Waals surface area contributed by atoms with Crippen LogP contribution in [0.2, 0.25) is 0 Å². The van der Waals surface area contributed by atoms with Crippen LogP contribution in [0.5, 0.6) is 5.75 Å². The van der Waals surface area contributed by atoms with Gasteiger partial charge in [-0.25, -0.2) is 4.79 Å². The molecule has 0 unspecified atom stereocenters. The number of phenols is 1. The first-order valence-electron chi connectivity index (χ1n) is 10.6. The van der Waals surface area contributed by atoms with E-state index in [0.717, 1.165) is 29.5 Å². The number of carbonyl (C=O) groups is 1. The highest BCUT2D eigenvalue weighted by Gasteiger charge is 2.27. The molecule has 3 nitrogen and oxygen atoms in total. The van der Waals surface area contributed by atoms with Gasteiger partial charge in [-0.3, -0.25) is 0 Å². The summed E-state index contributed by atoms with van der Waals surface area (Å²) in [5.74, 6) is -0.0732. The number of hydrogen-bond acceptors (Lipinski definition) is 3. The Hall–Kier alpha value is -1.77. The van der Waals surface area contributed by atoms with Gasteiger partial charge in [-0.1, -0.05) is 87.1 Å². The number of esters is 1. The Morgan fingerprint density at radius 1 is 0.929 bits per heavy atom. The summed E-state index contributed by atoms with van der Waals surface area (Å²) in [4.78, 5) is 12.5. The number of ether oxygens (including phenoxy) is 1. The van der Waals surface area contributed by atoms with E-state index in [1.54, 1.807) is 0 Å². The van der Waals surface area contributed by atoms with Crippen LogP contribution in [-0.4, -0.2) is 17.7 Å². The summed E-state index contributed by atoms with van der Waals surface area (Å²) in [6, 6.07) is 3.75. The summed E-state index contributed by atoms with van der Waals surface area (Å²) in [6.45, 7) is 18.9. The third kappa shape index (κ3) is 7.00. The smallest absolute Gasteiger partial charge is 0.338 e. The number of rotatable bonds is 9. The second-order valence-corrected chi connectivity index (χ2v) is 9.80. The molecular weight excluding hydrogens is 348 g/mol. The largest absolute Gasteiger partial charge is 0.507 e. The fraction of sp³-hybridized carbons (Fsp3) is 0.640. The van der Waals surface area contributed by atoms with Gasteiger partial charge in [0.2, 0.25) is 0 Å². The van der Waals surface area contributed by atoms with Crippen molar-refractivity contribution in [3.63, 3.8) is 0 Å². The van der Waals surface area contributed by atoms with Gasteiger partial charge in [0.05, 0.1) is 12.2 Å². The first-order valence-corrected chi connectivity index (χ1v) is 10.6. The molecule has 0 aliphatic carbocycles. The van der Waals surface area contributed by atoms with Crippen LogP contribution in [0.3, 0.4) is 0 Å². The van der Waals surface area contributed by atoms with Crippen molar-refractivity contribution in [2.24, 2.45) is 0 Å². The predicted octanol–water partition coefficient (Wildman–Crippen LogP) is 6.90. The molecule has 0 radical (unpaired) electrons. The van der Waals surface area contributed by atoms with Gasteiger partial charge < -0.3 is 9.84 Å². The lowest BCUT2D eigenvalue weighted by Gasteiger charge is -2.28. The SMILES string of the molecule is C=C(C(=O)OCCCCCCCC)c1cc(C(C)(C)C)c(O)c(C(C)(C)C)c1. The van der Waals surface area contributed by atoms with E-state index in [0.29, 0.717) is 17.9 Å². The minimum absolute atomic E-state index is 0.247. The fourth-order valence-electron chi connectivity index (χ4n) is 3.20. The Kier molecular flexibility index (Phi) is 8.78. The van der Waals surface area contributed by atoms with Crippen molar-refractivity contribution in [1.29, 1.82) is 0 Å². The zero-order valence-corrected chi connectivity index (χ0v) is 19.1. The van der Waals surface area contributed by atoms with Crippen LogP contribution in [-0.2, 0) is 20.4 Å². The van der Waals surface area contributed by atoms with E-state index >= 15 is 0 Å². The van der Waals surface area contributed by atoms with Gasteiger partial charge in [0.15, 0.2) is 0 Å². The van der Waals surface area contributed by atoms with Crippen molar-refractivity contribution < 1.29 is 14.6 Å². The Balaban J connectivity index is 2.91. The molecule has 1 aromatic rings. The molecule has 0 aromatic heterocycles. The third-order valence-electron chi connectivity index (χ3n) is 5.05. The maximum Gasteiger partial charge on any atom is 0.338 e. The molecule has 3 heteroatoms. The summed E-state index contributed by atoms with van der Waals surface area (Å²) in [6.07, 6.45) is 6.91. The molecule has 0 amide bonds. The Bertz CT molecular complexity index is 637. The van der Waals surface area contributed by atoms with Crippen molar-refractivity contribution >= 4 is 11.5 Å². The van der Waals surface area contributed by atoms with Crippen LogP contribution in [0.1, 0.15) is 104 Å². The van der Waals surface area contributed by atoms with E-state index in [2.05, 4.69) is 55.0 Å². The molecule has 0 aliphatic rings. The molecule has 0 saturated carbocycles. The topological polar surface area (TPSA) is 46.5 Å². The molecule has 1 rings (SSSR count). The minimum Gasteiger partial charge on any atom is -0.507 e. The van der Waals surface area contributed by atoms with Crippen molar-refractivity contribution in [3.8, 4) is 5.75 Å². The van der Waals surface area contributed by atoms with Gasteiger partial charge in [-0.05, 0) is 34.9 Å². The zero-order chi connectivity index (χ0) is 21.5. The molecule has 1 N–H and O–H groups in total. The average molecular weight is 389 g/mol. The minimum atomic E-state index is -0.376. The van der Waals surface area contributed by atoms with Crippen molar-refractivity contribution in [2.45, 2.75) is 97.8 Å². The first-order chi connectivity index (χ1) is 12.9. The van der Waals surface area contributed by atoms with E-state index < -0.39 is 0 Å². The maximum absolute atomic E-state index is 12.5. The molecule has 28 heavy (non-hydrogen) atoms. The highest BCUT2D eigenvalue weighted by Crippen LogP contribution is 2.40. The summed E-state index contributed by atoms with van der Waals surface area (Å²) < 4.78 is 5.45. The van der Waals surface area contributed by atoms with Gasteiger partial charge in [-0.15, -0.1) is 0 Å². The van der Waals surface area contributed by atoms with Crippen LogP contribution < -0.4 is 0 Å². The molecule has 0 aliphatic heterocycles. The van der Waals surface area contributed by atoms with E-state index in [1.165, 1.54) is 25.7 Å². The summed E-state index contributed by atoms with van der Waals surface area (Å²) in [5, 5.41) is 10.8. The Morgan fingerprint density at radius 2 is 1.39 bits per heavy atom. The van der Waals surface area contributed by atoms with Gasteiger partial charge >= 0.3 is 5.97 Å². The monoisotopic (exact) mass is 388 g/mol. The van der Waals surface area contributed by atoms with Crippen molar-refractivity contribution in [2.75, 3.05) is 6.61 Å². The van der Waals surface area contributed by atoms with Crippen LogP contribution in [0.4, 0.5) is 0 Å². The first kappa shape index (κ1) is 24.3. The molecule has 0 saturated heterocycles. The molecule has 0 spiro atoms. The predicted molar refractivity (Wildman–Crippen MR) is 119 cm³/mol. The summed E-state index contributed by atoms with van der Waals surface area (Å²) in [5.41, 5.74) is 2.22. The molecule has 0 heterocycles. The lowest BCUT2D eigenvalue weighted by molar-refractivity contribution is -0.136. The van der Waals surface area contributed by atoms with Gasteiger partial charge in [0.1, 0.15) is 5.75 Å². The van der Waals surface area contributed by atoms with E-state index in [9.17, 15) is 9.90 Å². The standard InChI is InChI=1S/C25H40O3/c1-9-10-11-12-13-14-15-28-23(27)18(2)19-16-20(24(3,4)5)22(26)21(17-19)25(6,7)8/h16-17,26H,2,9-15H2,1,3-8H3. The van der Waals surface area contributed by atoms with Gasteiger partial charge in [-0.2, -0.15) is 0 Å². The second kappa shape index (κ2) is 10.1. The molecule has 158 valence electrons. The summed E-state index contributed by atoms with van der Waals surface area (Å²) in [7, 11) is 0. The maximum atomic E-state index is 12.5. The molecular formula is C25H40O3. The van der Waals surface area contributed by atoms with Crippen molar-refractivity contribution in [3.05, 3.63) is 35.4 Å². The average Bonchev–Trinajstić information content (AvgIpc) is 2.58. The number of phenolic OH excluding ortho intramolecular Hbond substituents is 1. The van der Waals surface area contributed by atoms with Gasteiger partial charge in [0.25, 0.3) is 0 Å². The quantitative estimate of drug-likeness (QED) is 0.284. The number of benzene rings is 1. The number of aromatic hydroxyl groups is 1. The number of hydrogen-bond donors (Lipinski definition) is 1. The number of unbranched alkanes of at least 4 members (excludes halogenated alkanes) is 5. The van der Waals surface area contributed by atoms with Crippen LogP contribution >= 0.6 is 0 Å². The summed E-state index contributed by atoms with van der Waals surface area (Å²) >= 11 is 0. The highest BCUT2D eigenvalue weighted by atomic mass is 16.5.